The van der Waals surface area contributed by atoms with E-state index < -0.39 is 12.1 Å². The number of methoxy groups -OCH3 is 1. The molecule has 0 aliphatic rings. The zero-order valence-electron chi connectivity index (χ0n) is 6.51. The number of rotatable bonds is 2. The highest BCUT2D eigenvalue weighted by molar-refractivity contribution is 5.85. The molecular weight excluding hydrogens is 182 g/mol. The number of carbonyl (C=O) groups is 1. The minimum Gasteiger partial charge on any atom is -0.466 e. The van der Waals surface area contributed by atoms with Crippen molar-refractivity contribution >= 4 is 18.4 Å². The maximum atomic E-state index is 10.8. The number of aromatic nitrogens is 2. The molecule has 1 aromatic rings. The average molecular weight is 192 g/mol. The molecule has 0 aliphatic carbocycles. The molecule has 0 aromatic carbocycles. The van der Waals surface area contributed by atoms with Crippen molar-refractivity contribution in [2.45, 2.75) is 6.17 Å². The molecule has 0 saturated carbocycles. The van der Waals surface area contributed by atoms with E-state index in [0.717, 1.165) is 0 Å². The molecule has 0 saturated heterocycles. The van der Waals surface area contributed by atoms with Crippen molar-refractivity contribution in [3.8, 4) is 0 Å². The molecule has 0 unspecified atom stereocenters. The third kappa shape index (κ3) is 2.21. The van der Waals surface area contributed by atoms with E-state index in [4.69, 9.17) is 5.73 Å². The maximum absolute atomic E-state index is 10.8. The van der Waals surface area contributed by atoms with Crippen LogP contribution in [0.1, 0.15) is 6.17 Å². The monoisotopic (exact) mass is 191 g/mol. The van der Waals surface area contributed by atoms with Gasteiger partial charge in [0.05, 0.1) is 7.11 Å². The summed E-state index contributed by atoms with van der Waals surface area (Å²) < 4.78 is 5.74. The summed E-state index contributed by atoms with van der Waals surface area (Å²) in [6.07, 6.45) is 2.31. The summed E-state index contributed by atoms with van der Waals surface area (Å²) in [6, 6.07) is 1.68. The van der Waals surface area contributed by atoms with Crippen molar-refractivity contribution in [2.75, 3.05) is 7.11 Å². The third-order valence-electron chi connectivity index (χ3n) is 1.25. The molecule has 0 aliphatic heterocycles. The van der Waals surface area contributed by atoms with Crippen LogP contribution < -0.4 is 5.73 Å². The number of nitrogens with two attached hydrogens (primary N) is 1. The van der Waals surface area contributed by atoms with Crippen LogP contribution in [0.15, 0.2) is 18.5 Å². The van der Waals surface area contributed by atoms with Gasteiger partial charge in [-0.2, -0.15) is 5.10 Å². The van der Waals surface area contributed by atoms with Gasteiger partial charge in [0.2, 0.25) is 0 Å². The van der Waals surface area contributed by atoms with Crippen LogP contribution in [0, 0.1) is 0 Å². The normalized spacial score (nSPS) is 11.5. The van der Waals surface area contributed by atoms with Gasteiger partial charge in [-0.25, -0.2) is 9.48 Å². The van der Waals surface area contributed by atoms with Gasteiger partial charge in [-0.05, 0) is 6.07 Å². The Morgan fingerprint density at radius 2 is 2.42 bits per heavy atom. The summed E-state index contributed by atoms with van der Waals surface area (Å²) in [7, 11) is 1.28. The van der Waals surface area contributed by atoms with Gasteiger partial charge < -0.3 is 10.5 Å². The number of halogens is 1. The average Bonchev–Trinajstić information content (AvgIpc) is 2.53. The first-order valence-electron chi connectivity index (χ1n) is 3.08. The molecule has 0 radical (unpaired) electrons. The topological polar surface area (TPSA) is 70.1 Å². The van der Waals surface area contributed by atoms with Crippen LogP contribution in [0.3, 0.4) is 0 Å². The van der Waals surface area contributed by atoms with Gasteiger partial charge in [0.25, 0.3) is 0 Å². The molecule has 0 spiro atoms. The predicted molar refractivity (Wildman–Crippen MR) is 44.7 cm³/mol. The first-order valence-corrected chi connectivity index (χ1v) is 3.08. The Labute approximate surface area is 75.9 Å². The third-order valence-corrected chi connectivity index (χ3v) is 1.25. The fourth-order valence-electron chi connectivity index (χ4n) is 0.674. The molecule has 2 N–H and O–H groups in total. The second-order valence-electron chi connectivity index (χ2n) is 1.95. The quantitative estimate of drug-likeness (QED) is 0.665. The highest BCUT2D eigenvalue weighted by Gasteiger charge is 2.14. The standard InChI is InChI=1S/C6H9N3O2.ClH/c1-11-6(10)5(7)9-4-2-3-8-9;/h2-5H,7H2,1H3;1H/t5-;/m0./s1. The van der Waals surface area contributed by atoms with E-state index in [9.17, 15) is 4.79 Å². The molecule has 68 valence electrons. The van der Waals surface area contributed by atoms with Crippen LogP contribution in [0.4, 0.5) is 0 Å². The Bertz CT molecular complexity index is 237. The molecule has 1 rings (SSSR count). The van der Waals surface area contributed by atoms with Crippen molar-refractivity contribution in [2.24, 2.45) is 5.73 Å². The van der Waals surface area contributed by atoms with Crippen LogP contribution in [0.5, 0.6) is 0 Å². The molecule has 0 amide bonds. The zero-order valence-corrected chi connectivity index (χ0v) is 7.32. The molecule has 0 fully saturated rings. The van der Waals surface area contributed by atoms with Crippen molar-refractivity contribution < 1.29 is 9.53 Å². The molecule has 5 nitrogen and oxygen atoms in total. The van der Waals surface area contributed by atoms with Crippen LogP contribution in [-0.4, -0.2) is 22.9 Å². The van der Waals surface area contributed by atoms with Gasteiger partial charge in [0.15, 0.2) is 6.17 Å². The van der Waals surface area contributed by atoms with Gasteiger partial charge in [-0.15, -0.1) is 12.4 Å². The van der Waals surface area contributed by atoms with Crippen molar-refractivity contribution in [1.82, 2.24) is 9.78 Å². The predicted octanol–water partition coefficient (Wildman–Crippen LogP) is -0.0648. The SMILES string of the molecule is COC(=O)[C@@H](N)n1cccn1.Cl. The largest absolute Gasteiger partial charge is 0.466 e. The van der Waals surface area contributed by atoms with Crippen molar-refractivity contribution in [3.05, 3.63) is 18.5 Å². The van der Waals surface area contributed by atoms with Crippen molar-refractivity contribution in [3.63, 3.8) is 0 Å². The van der Waals surface area contributed by atoms with Gasteiger partial charge in [0, 0.05) is 12.4 Å². The first-order chi connectivity index (χ1) is 5.25. The summed E-state index contributed by atoms with van der Waals surface area (Å²) in [5.74, 6) is -0.506. The van der Waals surface area contributed by atoms with E-state index in [2.05, 4.69) is 9.84 Å². The summed E-state index contributed by atoms with van der Waals surface area (Å²) in [5.41, 5.74) is 5.42. The molecule has 12 heavy (non-hydrogen) atoms. The van der Waals surface area contributed by atoms with E-state index in [0.29, 0.717) is 0 Å². The lowest BCUT2D eigenvalue weighted by atomic mass is 10.5. The number of carbonyl (C=O) groups excluding carboxylic acids is 1. The smallest absolute Gasteiger partial charge is 0.345 e. The maximum Gasteiger partial charge on any atom is 0.345 e. The van der Waals surface area contributed by atoms with Crippen LogP contribution in [0.25, 0.3) is 0 Å². The Kier molecular flexibility index (Phi) is 4.31. The summed E-state index contributed by atoms with van der Waals surface area (Å²) >= 11 is 0. The number of esters is 1. The van der Waals surface area contributed by atoms with E-state index in [1.165, 1.54) is 11.8 Å². The summed E-state index contributed by atoms with van der Waals surface area (Å²) in [6.45, 7) is 0. The Hall–Kier alpha value is -1.07. The molecular formula is C6H10ClN3O2. The molecule has 1 atom stereocenters. The number of hydrogen-bond acceptors (Lipinski definition) is 4. The zero-order chi connectivity index (χ0) is 8.27. The minimum atomic E-state index is -0.838. The molecule has 0 bridgehead atoms. The summed E-state index contributed by atoms with van der Waals surface area (Å²) in [4.78, 5) is 10.8. The molecule has 1 aromatic heterocycles. The fourth-order valence-corrected chi connectivity index (χ4v) is 0.674. The second-order valence-corrected chi connectivity index (χ2v) is 1.95. The molecule has 6 heteroatoms. The van der Waals surface area contributed by atoms with E-state index >= 15 is 0 Å². The second kappa shape index (κ2) is 4.74. The Balaban J connectivity index is 0.00000121. The highest BCUT2D eigenvalue weighted by atomic mass is 35.5. The fraction of sp³-hybridized carbons (Fsp3) is 0.333. The Morgan fingerprint density at radius 3 is 2.83 bits per heavy atom. The van der Waals surface area contributed by atoms with Crippen LogP contribution >= 0.6 is 12.4 Å². The number of ether oxygens (including phenoxy) is 1. The van der Waals surface area contributed by atoms with Gasteiger partial charge >= 0.3 is 5.97 Å². The van der Waals surface area contributed by atoms with E-state index in [1.54, 1.807) is 18.5 Å². The lowest BCUT2D eigenvalue weighted by Gasteiger charge is -2.08. The van der Waals surface area contributed by atoms with Crippen molar-refractivity contribution in [1.29, 1.82) is 0 Å². The van der Waals surface area contributed by atoms with E-state index in [-0.39, 0.29) is 12.4 Å². The van der Waals surface area contributed by atoms with Gasteiger partial charge in [-0.1, -0.05) is 0 Å². The van der Waals surface area contributed by atoms with Gasteiger partial charge in [-0.3, -0.25) is 0 Å². The molecule has 1 heterocycles. The highest BCUT2D eigenvalue weighted by Crippen LogP contribution is 1.97. The first kappa shape index (κ1) is 10.9. The van der Waals surface area contributed by atoms with E-state index in [1.807, 2.05) is 0 Å². The lowest BCUT2D eigenvalue weighted by molar-refractivity contribution is -0.144. The minimum absolute atomic E-state index is 0. The van der Waals surface area contributed by atoms with Crippen LogP contribution in [-0.2, 0) is 9.53 Å². The lowest BCUT2D eigenvalue weighted by Crippen LogP contribution is -2.28. The number of nitrogens with zero attached hydrogens (tertiary/aromatic N) is 2. The van der Waals surface area contributed by atoms with Crippen LogP contribution in [0.2, 0.25) is 0 Å². The summed E-state index contributed by atoms with van der Waals surface area (Å²) in [5, 5.41) is 3.78. The number of hydrogen-bond donors (Lipinski definition) is 1. The van der Waals surface area contributed by atoms with Gasteiger partial charge in [0.1, 0.15) is 0 Å². The Morgan fingerprint density at radius 1 is 1.75 bits per heavy atom.